The van der Waals surface area contributed by atoms with Gasteiger partial charge in [0.1, 0.15) is 11.5 Å². The normalized spacial score (nSPS) is 20.0. The van der Waals surface area contributed by atoms with Crippen molar-refractivity contribution < 1.29 is 22.7 Å². The lowest BCUT2D eigenvalue weighted by Gasteiger charge is -2.14. The van der Waals surface area contributed by atoms with Gasteiger partial charge in [-0.05, 0) is 37.1 Å². The molecule has 0 saturated heterocycles. The Bertz CT molecular complexity index is 670. The molecule has 116 valence electrons. The highest BCUT2D eigenvalue weighted by molar-refractivity contribution is 5.97. The third-order valence-corrected chi connectivity index (χ3v) is 3.73. The molecule has 3 rings (SSSR count). The number of para-hydroxylation sites is 1. The molecule has 4 nitrogen and oxygen atoms in total. The molecule has 1 amide bonds. The van der Waals surface area contributed by atoms with Crippen LogP contribution in [0.15, 0.2) is 41.0 Å². The number of halogens is 2. The molecule has 1 aliphatic carbocycles. The van der Waals surface area contributed by atoms with Crippen LogP contribution in [-0.2, 0) is 4.79 Å². The van der Waals surface area contributed by atoms with Gasteiger partial charge in [0.15, 0.2) is 0 Å². The molecule has 1 heterocycles. The van der Waals surface area contributed by atoms with Crippen molar-refractivity contribution in [1.29, 1.82) is 0 Å². The smallest absolute Gasteiger partial charge is 0.387 e. The molecule has 2 unspecified atom stereocenters. The maximum atomic E-state index is 12.4. The molecule has 1 N–H and O–H groups in total. The largest absolute Gasteiger partial charge is 0.469 e. The number of carbonyl (C=O) groups is 1. The summed E-state index contributed by atoms with van der Waals surface area (Å²) in [5.74, 6) is 0.381. The molecule has 6 heteroatoms. The van der Waals surface area contributed by atoms with E-state index in [0.29, 0.717) is 12.0 Å². The molecule has 2 atom stereocenters. The van der Waals surface area contributed by atoms with Gasteiger partial charge in [-0.1, -0.05) is 12.1 Å². The van der Waals surface area contributed by atoms with E-state index in [1.165, 1.54) is 6.07 Å². The summed E-state index contributed by atoms with van der Waals surface area (Å²) in [4.78, 5) is 12.3. The van der Waals surface area contributed by atoms with Crippen LogP contribution >= 0.6 is 0 Å². The van der Waals surface area contributed by atoms with Crippen molar-refractivity contribution in [1.82, 2.24) is 0 Å². The van der Waals surface area contributed by atoms with E-state index in [4.69, 9.17) is 4.42 Å². The zero-order valence-corrected chi connectivity index (χ0v) is 11.9. The van der Waals surface area contributed by atoms with E-state index < -0.39 is 6.61 Å². The average molecular weight is 307 g/mol. The maximum Gasteiger partial charge on any atom is 0.387 e. The summed E-state index contributed by atoms with van der Waals surface area (Å²) in [6.45, 7) is -1.21. The molecule has 22 heavy (non-hydrogen) atoms. The summed E-state index contributed by atoms with van der Waals surface area (Å²) in [6.07, 6.45) is 2.26. The number of ether oxygens (including phenoxy) is 1. The van der Waals surface area contributed by atoms with Crippen LogP contribution in [0.1, 0.15) is 23.7 Å². The minimum atomic E-state index is -2.94. The number of nitrogens with one attached hydrogen (secondary N) is 1. The van der Waals surface area contributed by atoms with E-state index in [9.17, 15) is 13.6 Å². The first kappa shape index (κ1) is 14.6. The van der Waals surface area contributed by atoms with E-state index in [2.05, 4.69) is 10.1 Å². The number of rotatable bonds is 5. The maximum absolute atomic E-state index is 12.4. The van der Waals surface area contributed by atoms with Gasteiger partial charge in [0, 0.05) is 11.8 Å². The average Bonchev–Trinajstić information content (AvgIpc) is 3.08. The van der Waals surface area contributed by atoms with Crippen molar-refractivity contribution in [2.24, 2.45) is 5.92 Å². The van der Waals surface area contributed by atoms with Gasteiger partial charge >= 0.3 is 6.61 Å². The number of anilines is 1. The van der Waals surface area contributed by atoms with Crippen LogP contribution in [-0.4, -0.2) is 12.5 Å². The lowest BCUT2D eigenvalue weighted by molar-refractivity contribution is -0.117. The number of aryl methyl sites for hydroxylation is 1. The highest BCUT2D eigenvalue weighted by atomic mass is 19.3. The van der Waals surface area contributed by atoms with E-state index in [0.717, 1.165) is 5.76 Å². The molecule has 2 aromatic rings. The Balaban J connectivity index is 1.72. The van der Waals surface area contributed by atoms with Gasteiger partial charge in [-0.3, -0.25) is 4.79 Å². The molecule has 1 aliphatic rings. The van der Waals surface area contributed by atoms with Gasteiger partial charge in [-0.15, -0.1) is 0 Å². The van der Waals surface area contributed by atoms with E-state index in [1.807, 2.05) is 6.07 Å². The number of carbonyl (C=O) groups excluding carboxylic acids is 1. The van der Waals surface area contributed by atoms with Crippen LogP contribution in [0.3, 0.4) is 0 Å². The Kier molecular flexibility index (Phi) is 3.83. The van der Waals surface area contributed by atoms with Crippen LogP contribution in [0, 0.1) is 12.8 Å². The van der Waals surface area contributed by atoms with Crippen molar-refractivity contribution in [3.05, 3.63) is 47.9 Å². The fourth-order valence-electron chi connectivity index (χ4n) is 2.51. The van der Waals surface area contributed by atoms with Gasteiger partial charge in [0.05, 0.1) is 12.0 Å². The van der Waals surface area contributed by atoms with Crippen molar-refractivity contribution >= 4 is 11.6 Å². The summed E-state index contributed by atoms with van der Waals surface area (Å²) < 4.78 is 34.6. The predicted octanol–water partition coefficient (Wildman–Crippen LogP) is 3.93. The lowest BCUT2D eigenvalue weighted by Crippen LogP contribution is -2.17. The Labute approximate surface area is 126 Å². The molecule has 1 aromatic carbocycles. The summed E-state index contributed by atoms with van der Waals surface area (Å²) in [6, 6.07) is 8.34. The third kappa shape index (κ3) is 2.95. The molecule has 1 aromatic heterocycles. The number of furan rings is 1. The van der Waals surface area contributed by atoms with E-state index >= 15 is 0 Å². The molecule has 0 aliphatic heterocycles. The lowest BCUT2D eigenvalue weighted by atomic mass is 10.1. The van der Waals surface area contributed by atoms with Crippen molar-refractivity contribution in [2.75, 3.05) is 5.32 Å². The zero-order valence-electron chi connectivity index (χ0n) is 11.9. The van der Waals surface area contributed by atoms with Crippen LogP contribution in [0.2, 0.25) is 0 Å². The van der Waals surface area contributed by atoms with Gasteiger partial charge in [0.2, 0.25) is 5.91 Å². The number of benzene rings is 1. The fraction of sp³-hybridized carbons (Fsp3) is 0.312. The number of amides is 1. The molecule has 0 radical (unpaired) electrons. The third-order valence-electron chi connectivity index (χ3n) is 3.73. The Morgan fingerprint density at radius 3 is 2.86 bits per heavy atom. The molecule has 0 spiro atoms. The van der Waals surface area contributed by atoms with Crippen molar-refractivity contribution in [2.45, 2.75) is 25.9 Å². The highest BCUT2D eigenvalue weighted by Crippen LogP contribution is 2.48. The standard InChI is InChI=1S/C16H15F2NO3/c1-9-4-2-5-13(22-16(17)18)14(9)19-15(20)11-8-10(11)12-6-3-7-21-12/h2-7,10-11,16H,8H2,1H3,(H,19,20). The monoisotopic (exact) mass is 307 g/mol. The van der Waals surface area contributed by atoms with Crippen LogP contribution in [0.25, 0.3) is 0 Å². The van der Waals surface area contributed by atoms with Gasteiger partial charge in [-0.25, -0.2) is 0 Å². The predicted molar refractivity (Wildman–Crippen MR) is 76.0 cm³/mol. The topological polar surface area (TPSA) is 51.5 Å². The van der Waals surface area contributed by atoms with Gasteiger partial charge in [0.25, 0.3) is 0 Å². The second kappa shape index (κ2) is 5.79. The highest BCUT2D eigenvalue weighted by Gasteiger charge is 2.46. The van der Waals surface area contributed by atoms with Crippen LogP contribution < -0.4 is 10.1 Å². The second-order valence-corrected chi connectivity index (χ2v) is 5.28. The first-order valence-corrected chi connectivity index (χ1v) is 6.95. The SMILES string of the molecule is Cc1cccc(OC(F)F)c1NC(=O)C1CC1c1ccco1. The zero-order chi connectivity index (χ0) is 15.7. The first-order chi connectivity index (χ1) is 10.6. The Morgan fingerprint density at radius 2 is 2.18 bits per heavy atom. The van der Waals surface area contributed by atoms with Gasteiger partial charge in [-0.2, -0.15) is 8.78 Å². The Hall–Kier alpha value is -2.37. The first-order valence-electron chi connectivity index (χ1n) is 6.95. The van der Waals surface area contributed by atoms with Crippen LogP contribution in [0.4, 0.5) is 14.5 Å². The molecular formula is C16H15F2NO3. The molecule has 1 fully saturated rings. The summed E-state index contributed by atoms with van der Waals surface area (Å²) in [5.41, 5.74) is 0.958. The van der Waals surface area contributed by atoms with E-state index in [1.54, 1.807) is 31.4 Å². The van der Waals surface area contributed by atoms with E-state index in [-0.39, 0.29) is 29.2 Å². The molecule has 0 bridgehead atoms. The number of hydrogen-bond acceptors (Lipinski definition) is 3. The summed E-state index contributed by atoms with van der Waals surface area (Å²) >= 11 is 0. The molecular weight excluding hydrogens is 292 g/mol. The number of hydrogen-bond donors (Lipinski definition) is 1. The fourth-order valence-corrected chi connectivity index (χ4v) is 2.51. The summed E-state index contributed by atoms with van der Waals surface area (Å²) in [5, 5.41) is 2.70. The van der Waals surface area contributed by atoms with Crippen molar-refractivity contribution in [3.63, 3.8) is 0 Å². The quantitative estimate of drug-likeness (QED) is 0.910. The molecule has 1 saturated carbocycles. The summed E-state index contributed by atoms with van der Waals surface area (Å²) in [7, 11) is 0. The Morgan fingerprint density at radius 1 is 1.36 bits per heavy atom. The van der Waals surface area contributed by atoms with Crippen LogP contribution in [0.5, 0.6) is 5.75 Å². The van der Waals surface area contributed by atoms with Crippen molar-refractivity contribution in [3.8, 4) is 5.75 Å². The second-order valence-electron chi connectivity index (χ2n) is 5.28. The minimum Gasteiger partial charge on any atom is -0.469 e. The van der Waals surface area contributed by atoms with Gasteiger partial charge < -0.3 is 14.5 Å². The number of alkyl halides is 2. The minimum absolute atomic E-state index is 0.0291.